The smallest absolute Gasteiger partial charge is 0.122 e. The van der Waals surface area contributed by atoms with Crippen molar-refractivity contribution in [1.29, 1.82) is 0 Å². The molecule has 1 fully saturated rings. The van der Waals surface area contributed by atoms with Crippen LogP contribution in [0.1, 0.15) is 30.9 Å². The van der Waals surface area contributed by atoms with Gasteiger partial charge in [0.1, 0.15) is 5.75 Å². The standard InChI is InChI=1S/C13H19NO/c1-9-7-12(10(2)6-11(9)14)15-8-13(3)4-5-13/h6-7H,4-5,8,14H2,1-3H3. The first kappa shape index (κ1) is 10.3. The van der Waals surface area contributed by atoms with Gasteiger partial charge in [-0.2, -0.15) is 0 Å². The Labute approximate surface area is 91.4 Å². The van der Waals surface area contributed by atoms with E-state index >= 15 is 0 Å². The highest BCUT2D eigenvalue weighted by molar-refractivity contribution is 5.53. The molecule has 1 aliphatic rings. The van der Waals surface area contributed by atoms with Crippen molar-refractivity contribution >= 4 is 5.69 Å². The molecule has 0 saturated heterocycles. The molecule has 0 bridgehead atoms. The number of benzene rings is 1. The zero-order chi connectivity index (χ0) is 11.1. The summed E-state index contributed by atoms with van der Waals surface area (Å²) in [6.07, 6.45) is 2.58. The Bertz CT molecular complexity index is 380. The number of aryl methyl sites for hydroxylation is 2. The van der Waals surface area contributed by atoms with Crippen LogP contribution in [0.15, 0.2) is 12.1 Å². The summed E-state index contributed by atoms with van der Waals surface area (Å²) in [6, 6.07) is 4.02. The molecule has 0 atom stereocenters. The molecule has 0 radical (unpaired) electrons. The van der Waals surface area contributed by atoms with Crippen LogP contribution in [0.25, 0.3) is 0 Å². The summed E-state index contributed by atoms with van der Waals surface area (Å²) in [5.74, 6) is 0.981. The van der Waals surface area contributed by atoms with E-state index in [1.165, 1.54) is 12.8 Å². The Hall–Kier alpha value is -1.18. The van der Waals surface area contributed by atoms with Gasteiger partial charge in [0.25, 0.3) is 0 Å². The van der Waals surface area contributed by atoms with Crippen LogP contribution in [0.3, 0.4) is 0 Å². The van der Waals surface area contributed by atoms with Gasteiger partial charge in [-0.25, -0.2) is 0 Å². The third-order valence-electron chi connectivity index (χ3n) is 3.24. The molecule has 0 heterocycles. The highest BCUT2D eigenvalue weighted by Crippen LogP contribution is 2.45. The van der Waals surface area contributed by atoms with Crippen LogP contribution in [-0.4, -0.2) is 6.61 Å². The van der Waals surface area contributed by atoms with Crippen molar-refractivity contribution in [2.24, 2.45) is 5.41 Å². The first-order chi connectivity index (χ1) is 7.00. The topological polar surface area (TPSA) is 35.2 Å². The van der Waals surface area contributed by atoms with Crippen molar-refractivity contribution < 1.29 is 4.74 Å². The van der Waals surface area contributed by atoms with Crippen LogP contribution in [0.5, 0.6) is 5.75 Å². The quantitative estimate of drug-likeness (QED) is 0.770. The number of nitrogen functional groups attached to an aromatic ring is 1. The van der Waals surface area contributed by atoms with Crippen LogP contribution >= 0.6 is 0 Å². The molecule has 0 aromatic heterocycles. The summed E-state index contributed by atoms with van der Waals surface area (Å²) in [6.45, 7) is 7.16. The van der Waals surface area contributed by atoms with Crippen molar-refractivity contribution in [3.63, 3.8) is 0 Å². The van der Waals surface area contributed by atoms with Crippen molar-refractivity contribution in [3.8, 4) is 5.75 Å². The normalized spacial score (nSPS) is 17.5. The number of hydrogen-bond donors (Lipinski definition) is 1. The number of nitrogens with two attached hydrogens (primary N) is 1. The second-order valence-corrected chi connectivity index (χ2v) is 5.07. The summed E-state index contributed by atoms with van der Waals surface area (Å²) >= 11 is 0. The average molecular weight is 205 g/mol. The Balaban J connectivity index is 2.10. The summed E-state index contributed by atoms with van der Waals surface area (Å²) < 4.78 is 5.84. The maximum absolute atomic E-state index is 5.84. The molecule has 0 aliphatic heterocycles. The van der Waals surface area contributed by atoms with E-state index in [9.17, 15) is 0 Å². The molecule has 0 amide bonds. The highest BCUT2D eigenvalue weighted by Gasteiger charge is 2.38. The Morgan fingerprint density at radius 2 is 1.93 bits per heavy atom. The van der Waals surface area contributed by atoms with Crippen LogP contribution in [0, 0.1) is 19.3 Å². The number of ether oxygens (including phenoxy) is 1. The number of rotatable bonds is 3. The molecular formula is C13H19NO. The average Bonchev–Trinajstić information content (AvgIpc) is 2.89. The summed E-state index contributed by atoms with van der Waals surface area (Å²) in [5, 5.41) is 0. The van der Waals surface area contributed by atoms with E-state index in [-0.39, 0.29) is 0 Å². The lowest BCUT2D eigenvalue weighted by atomic mass is 10.1. The van der Waals surface area contributed by atoms with Crippen LogP contribution in [0.2, 0.25) is 0 Å². The molecular weight excluding hydrogens is 186 g/mol. The van der Waals surface area contributed by atoms with Gasteiger partial charge in [-0.15, -0.1) is 0 Å². The van der Waals surface area contributed by atoms with Gasteiger partial charge >= 0.3 is 0 Å². The summed E-state index contributed by atoms with van der Waals surface area (Å²) in [7, 11) is 0. The second-order valence-electron chi connectivity index (χ2n) is 5.07. The molecule has 2 heteroatoms. The van der Waals surface area contributed by atoms with Gasteiger partial charge in [0, 0.05) is 11.1 Å². The van der Waals surface area contributed by atoms with Crippen LogP contribution in [0.4, 0.5) is 5.69 Å². The van der Waals surface area contributed by atoms with E-state index in [0.717, 1.165) is 29.2 Å². The molecule has 2 N–H and O–H groups in total. The second kappa shape index (κ2) is 3.44. The third-order valence-corrected chi connectivity index (χ3v) is 3.24. The number of anilines is 1. The predicted octanol–water partition coefficient (Wildman–Crippen LogP) is 3.06. The first-order valence-electron chi connectivity index (χ1n) is 5.50. The SMILES string of the molecule is Cc1cc(OCC2(C)CC2)c(C)cc1N. The minimum absolute atomic E-state index is 0.432. The fraction of sp³-hybridized carbons (Fsp3) is 0.538. The van der Waals surface area contributed by atoms with Crippen LogP contribution in [-0.2, 0) is 0 Å². The van der Waals surface area contributed by atoms with E-state index in [1.54, 1.807) is 0 Å². The molecule has 0 spiro atoms. The lowest BCUT2D eigenvalue weighted by Gasteiger charge is -2.14. The Morgan fingerprint density at radius 1 is 1.27 bits per heavy atom. The molecule has 2 nitrogen and oxygen atoms in total. The maximum atomic E-state index is 5.84. The molecule has 1 aromatic carbocycles. The van der Waals surface area contributed by atoms with E-state index in [0.29, 0.717) is 5.41 Å². The zero-order valence-corrected chi connectivity index (χ0v) is 9.76. The Kier molecular flexibility index (Phi) is 2.37. The maximum Gasteiger partial charge on any atom is 0.122 e. The molecule has 1 aromatic rings. The molecule has 2 rings (SSSR count). The first-order valence-corrected chi connectivity index (χ1v) is 5.50. The molecule has 1 aliphatic carbocycles. The van der Waals surface area contributed by atoms with Crippen molar-refractivity contribution in [2.75, 3.05) is 12.3 Å². The van der Waals surface area contributed by atoms with Crippen LogP contribution < -0.4 is 10.5 Å². The highest BCUT2D eigenvalue weighted by atomic mass is 16.5. The lowest BCUT2D eigenvalue weighted by Crippen LogP contribution is -2.09. The molecule has 0 unspecified atom stereocenters. The van der Waals surface area contributed by atoms with Gasteiger partial charge in [0.2, 0.25) is 0 Å². The van der Waals surface area contributed by atoms with Gasteiger partial charge in [-0.1, -0.05) is 6.92 Å². The lowest BCUT2D eigenvalue weighted by molar-refractivity contribution is 0.246. The largest absolute Gasteiger partial charge is 0.493 e. The summed E-state index contributed by atoms with van der Waals surface area (Å²) in [5.41, 5.74) is 9.33. The van der Waals surface area contributed by atoms with Gasteiger partial charge < -0.3 is 10.5 Å². The molecule has 15 heavy (non-hydrogen) atoms. The van der Waals surface area contributed by atoms with E-state index < -0.39 is 0 Å². The van der Waals surface area contributed by atoms with E-state index in [4.69, 9.17) is 10.5 Å². The summed E-state index contributed by atoms with van der Waals surface area (Å²) in [4.78, 5) is 0. The van der Waals surface area contributed by atoms with E-state index in [2.05, 4.69) is 6.92 Å². The minimum Gasteiger partial charge on any atom is -0.493 e. The van der Waals surface area contributed by atoms with Crippen molar-refractivity contribution in [3.05, 3.63) is 23.3 Å². The predicted molar refractivity (Wildman–Crippen MR) is 63.2 cm³/mol. The fourth-order valence-corrected chi connectivity index (χ4v) is 1.58. The monoisotopic (exact) mass is 205 g/mol. The number of hydrogen-bond acceptors (Lipinski definition) is 2. The molecule has 1 saturated carbocycles. The van der Waals surface area contributed by atoms with Crippen molar-refractivity contribution in [1.82, 2.24) is 0 Å². The van der Waals surface area contributed by atoms with Crippen molar-refractivity contribution in [2.45, 2.75) is 33.6 Å². The van der Waals surface area contributed by atoms with Gasteiger partial charge in [0.15, 0.2) is 0 Å². The van der Waals surface area contributed by atoms with Gasteiger partial charge in [-0.05, 0) is 49.9 Å². The van der Waals surface area contributed by atoms with E-state index in [1.807, 2.05) is 26.0 Å². The minimum atomic E-state index is 0.432. The third kappa shape index (κ3) is 2.25. The molecule has 82 valence electrons. The fourth-order valence-electron chi connectivity index (χ4n) is 1.58. The van der Waals surface area contributed by atoms with Gasteiger partial charge in [0.05, 0.1) is 6.61 Å². The van der Waals surface area contributed by atoms with Gasteiger partial charge in [-0.3, -0.25) is 0 Å². The Morgan fingerprint density at radius 3 is 2.53 bits per heavy atom. The zero-order valence-electron chi connectivity index (χ0n) is 9.76.